The number of nitrogens with zero attached hydrogens (tertiary/aromatic N) is 2. The predicted octanol–water partition coefficient (Wildman–Crippen LogP) is 1.32. The summed E-state index contributed by atoms with van der Waals surface area (Å²) in [6.07, 6.45) is 5.76. The molecule has 0 spiro atoms. The first-order chi connectivity index (χ1) is 9.60. The molecule has 0 aromatic rings. The lowest BCUT2D eigenvalue weighted by molar-refractivity contribution is -0.146. The summed E-state index contributed by atoms with van der Waals surface area (Å²) in [5.74, 6) is 1.13. The van der Waals surface area contributed by atoms with Crippen molar-refractivity contribution in [3.63, 3.8) is 0 Å². The average molecular weight is 279 g/mol. The van der Waals surface area contributed by atoms with Crippen molar-refractivity contribution in [2.24, 2.45) is 11.3 Å². The van der Waals surface area contributed by atoms with Crippen LogP contribution in [0.2, 0.25) is 0 Å². The number of carbonyl (C=O) groups excluding carboxylic acids is 1. The van der Waals surface area contributed by atoms with Crippen molar-refractivity contribution in [1.29, 1.82) is 0 Å². The second-order valence-electron chi connectivity index (χ2n) is 7.30. The van der Waals surface area contributed by atoms with Gasteiger partial charge in [0, 0.05) is 24.5 Å². The van der Waals surface area contributed by atoms with E-state index in [1.807, 2.05) is 0 Å². The highest BCUT2D eigenvalue weighted by Gasteiger charge is 2.42. The highest BCUT2D eigenvalue weighted by atomic mass is 16.2. The molecular formula is C16H29N3O. The minimum Gasteiger partial charge on any atom is -0.342 e. The van der Waals surface area contributed by atoms with Crippen LogP contribution in [0.3, 0.4) is 0 Å². The number of carbonyl (C=O) groups is 1. The zero-order valence-corrected chi connectivity index (χ0v) is 13.0. The smallest absolute Gasteiger partial charge is 0.228 e. The van der Waals surface area contributed by atoms with Crippen molar-refractivity contribution in [2.75, 3.05) is 39.8 Å². The van der Waals surface area contributed by atoms with Crippen LogP contribution in [0.4, 0.5) is 0 Å². The molecule has 2 unspecified atom stereocenters. The predicted molar refractivity (Wildman–Crippen MR) is 80.5 cm³/mol. The summed E-state index contributed by atoms with van der Waals surface area (Å²) in [7, 11) is 2.25. The molecule has 0 bridgehead atoms. The number of hydrogen-bond donors (Lipinski definition) is 1. The summed E-state index contributed by atoms with van der Waals surface area (Å²) >= 11 is 0. The van der Waals surface area contributed by atoms with Crippen LogP contribution in [-0.2, 0) is 4.79 Å². The molecule has 1 amide bonds. The van der Waals surface area contributed by atoms with Crippen LogP contribution in [0.25, 0.3) is 0 Å². The van der Waals surface area contributed by atoms with Crippen LogP contribution in [0.1, 0.15) is 39.0 Å². The van der Waals surface area contributed by atoms with E-state index in [0.717, 1.165) is 39.0 Å². The Morgan fingerprint density at radius 3 is 2.70 bits per heavy atom. The van der Waals surface area contributed by atoms with Gasteiger partial charge in [-0.05, 0) is 64.7 Å². The van der Waals surface area contributed by atoms with E-state index in [9.17, 15) is 4.79 Å². The number of hydrogen-bond acceptors (Lipinski definition) is 3. The minimum absolute atomic E-state index is 0.112. The standard InChI is InChI=1S/C16H29N3O/c1-16(6-8-17-9-7-16)15(20)19-11-5-14-13(12-19)4-3-10-18(14)2/h13-14,17H,3-12H2,1-2H3. The van der Waals surface area contributed by atoms with Gasteiger partial charge in [-0.25, -0.2) is 0 Å². The van der Waals surface area contributed by atoms with Crippen LogP contribution in [0, 0.1) is 11.3 Å². The first-order valence-electron chi connectivity index (χ1n) is 8.30. The van der Waals surface area contributed by atoms with Gasteiger partial charge in [0.05, 0.1) is 0 Å². The van der Waals surface area contributed by atoms with Crippen molar-refractivity contribution in [3.05, 3.63) is 0 Å². The van der Waals surface area contributed by atoms with E-state index in [2.05, 4.69) is 29.1 Å². The maximum atomic E-state index is 12.9. The van der Waals surface area contributed by atoms with Gasteiger partial charge in [0.25, 0.3) is 0 Å². The fraction of sp³-hybridized carbons (Fsp3) is 0.938. The van der Waals surface area contributed by atoms with E-state index in [4.69, 9.17) is 0 Å². The molecule has 0 saturated carbocycles. The Bertz CT molecular complexity index is 365. The summed E-state index contributed by atoms with van der Waals surface area (Å²) in [5.41, 5.74) is -0.112. The molecule has 3 heterocycles. The normalized spacial score (nSPS) is 34.6. The lowest BCUT2D eigenvalue weighted by Crippen LogP contribution is -2.57. The summed E-state index contributed by atoms with van der Waals surface area (Å²) in [4.78, 5) is 17.6. The van der Waals surface area contributed by atoms with Gasteiger partial charge in [0.1, 0.15) is 0 Å². The molecule has 3 saturated heterocycles. The number of piperidine rings is 3. The van der Waals surface area contributed by atoms with E-state index < -0.39 is 0 Å². The van der Waals surface area contributed by atoms with Crippen molar-refractivity contribution < 1.29 is 4.79 Å². The van der Waals surface area contributed by atoms with E-state index in [0.29, 0.717) is 17.9 Å². The van der Waals surface area contributed by atoms with E-state index >= 15 is 0 Å². The maximum Gasteiger partial charge on any atom is 0.228 e. The number of nitrogens with one attached hydrogen (secondary N) is 1. The molecule has 0 radical (unpaired) electrons. The second kappa shape index (κ2) is 5.64. The monoisotopic (exact) mass is 279 g/mol. The maximum absolute atomic E-state index is 12.9. The quantitative estimate of drug-likeness (QED) is 0.786. The molecule has 0 aliphatic carbocycles. The third-order valence-electron chi connectivity index (χ3n) is 5.86. The Morgan fingerprint density at radius 1 is 1.20 bits per heavy atom. The van der Waals surface area contributed by atoms with Gasteiger partial charge in [-0.3, -0.25) is 4.79 Å². The van der Waals surface area contributed by atoms with E-state index in [1.54, 1.807) is 0 Å². The summed E-state index contributed by atoms with van der Waals surface area (Å²) < 4.78 is 0. The largest absolute Gasteiger partial charge is 0.342 e. The number of fused-ring (bicyclic) bond motifs is 1. The van der Waals surface area contributed by atoms with Crippen molar-refractivity contribution in [3.8, 4) is 0 Å². The molecule has 114 valence electrons. The van der Waals surface area contributed by atoms with Gasteiger partial charge < -0.3 is 15.1 Å². The second-order valence-corrected chi connectivity index (χ2v) is 7.30. The molecule has 3 aliphatic rings. The van der Waals surface area contributed by atoms with Gasteiger partial charge in [0.2, 0.25) is 5.91 Å². The fourth-order valence-electron chi connectivity index (χ4n) is 4.41. The van der Waals surface area contributed by atoms with Crippen molar-refractivity contribution in [1.82, 2.24) is 15.1 Å². The van der Waals surface area contributed by atoms with Gasteiger partial charge in [-0.2, -0.15) is 0 Å². The zero-order chi connectivity index (χ0) is 14.2. The number of rotatable bonds is 1. The first kappa shape index (κ1) is 14.3. The molecule has 0 aromatic carbocycles. The molecule has 20 heavy (non-hydrogen) atoms. The molecular weight excluding hydrogens is 250 g/mol. The fourth-order valence-corrected chi connectivity index (χ4v) is 4.41. The average Bonchev–Trinajstić information content (AvgIpc) is 2.47. The molecule has 4 nitrogen and oxygen atoms in total. The Morgan fingerprint density at radius 2 is 1.95 bits per heavy atom. The van der Waals surface area contributed by atoms with Crippen LogP contribution in [-0.4, -0.2) is 61.5 Å². The highest BCUT2D eigenvalue weighted by Crippen LogP contribution is 2.35. The first-order valence-corrected chi connectivity index (χ1v) is 8.30. The van der Waals surface area contributed by atoms with Gasteiger partial charge in [-0.15, -0.1) is 0 Å². The van der Waals surface area contributed by atoms with Crippen molar-refractivity contribution >= 4 is 5.91 Å². The minimum atomic E-state index is -0.112. The highest BCUT2D eigenvalue weighted by molar-refractivity contribution is 5.82. The molecule has 1 N–H and O–H groups in total. The third-order valence-corrected chi connectivity index (χ3v) is 5.86. The van der Waals surface area contributed by atoms with Gasteiger partial charge >= 0.3 is 0 Å². The summed E-state index contributed by atoms with van der Waals surface area (Å²) in [6, 6.07) is 0.716. The molecule has 3 fully saturated rings. The number of likely N-dealkylation sites (tertiary alicyclic amines) is 2. The van der Waals surface area contributed by atoms with Crippen LogP contribution in [0.5, 0.6) is 0 Å². The topological polar surface area (TPSA) is 35.6 Å². The van der Waals surface area contributed by atoms with Crippen LogP contribution in [0.15, 0.2) is 0 Å². The Balaban J connectivity index is 1.65. The van der Waals surface area contributed by atoms with Crippen molar-refractivity contribution in [2.45, 2.75) is 45.1 Å². The van der Waals surface area contributed by atoms with Crippen LogP contribution < -0.4 is 5.32 Å². The Labute approximate surface area is 122 Å². The molecule has 2 atom stereocenters. The lowest BCUT2D eigenvalue weighted by atomic mass is 9.78. The van der Waals surface area contributed by atoms with Gasteiger partial charge in [0.15, 0.2) is 0 Å². The molecule has 3 rings (SSSR count). The Kier molecular flexibility index (Phi) is 4.04. The van der Waals surface area contributed by atoms with Gasteiger partial charge in [-0.1, -0.05) is 6.92 Å². The third kappa shape index (κ3) is 2.60. The van der Waals surface area contributed by atoms with Crippen LogP contribution >= 0.6 is 0 Å². The lowest BCUT2D eigenvalue weighted by Gasteiger charge is -2.48. The van der Waals surface area contributed by atoms with E-state index in [-0.39, 0.29) is 5.41 Å². The number of amides is 1. The summed E-state index contributed by atoms with van der Waals surface area (Å²) in [5, 5.41) is 3.37. The molecule has 4 heteroatoms. The summed E-state index contributed by atoms with van der Waals surface area (Å²) in [6.45, 7) is 7.35. The Hall–Kier alpha value is -0.610. The zero-order valence-electron chi connectivity index (χ0n) is 13.0. The molecule has 3 aliphatic heterocycles. The van der Waals surface area contributed by atoms with E-state index in [1.165, 1.54) is 25.8 Å². The molecule has 0 aromatic heterocycles. The SMILES string of the molecule is CN1CCCC2CN(C(=O)C3(C)CCNCC3)CCC21.